The first-order valence-corrected chi connectivity index (χ1v) is 12.2. The van der Waals surface area contributed by atoms with Crippen molar-refractivity contribution in [3.63, 3.8) is 0 Å². The van der Waals surface area contributed by atoms with Gasteiger partial charge in [-0.25, -0.2) is 24.8 Å². The summed E-state index contributed by atoms with van der Waals surface area (Å²) in [4.78, 5) is 32.2. The standard InChI is InChI=1S/C24H27Cl2F3N4O2/c1-3-4-5-6-12-33(2)22(34)31-21(30-18-9-7-8-17(14-18)24(27,28)29)32(23(33)35)15-16-10-11-19(25)20(26)13-16/h7-11,14,20H,3-6,12-13,15H2,1-2H3/p+1. The molecule has 1 aromatic rings. The topological polar surface area (TPSA) is 61.8 Å². The molecule has 1 saturated heterocycles. The van der Waals surface area contributed by atoms with Crippen LogP contribution in [0.3, 0.4) is 0 Å². The summed E-state index contributed by atoms with van der Waals surface area (Å²) >= 11 is 12.3. The molecule has 2 unspecified atom stereocenters. The van der Waals surface area contributed by atoms with Crippen LogP contribution in [0.2, 0.25) is 0 Å². The minimum absolute atomic E-state index is 0.0391. The van der Waals surface area contributed by atoms with E-state index in [4.69, 9.17) is 23.2 Å². The number of guanidine groups is 1. The Morgan fingerprint density at radius 3 is 2.60 bits per heavy atom. The number of nitrogens with zero attached hydrogens (tertiary/aromatic N) is 3. The fraction of sp³-hybridized carbons (Fsp3) is 0.458. The lowest BCUT2D eigenvalue weighted by Gasteiger charge is -2.39. The molecule has 1 aromatic carbocycles. The van der Waals surface area contributed by atoms with Crippen LogP contribution < -0.4 is 5.32 Å². The first kappa shape index (κ1) is 27.2. The van der Waals surface area contributed by atoms with Gasteiger partial charge in [0.25, 0.3) is 0 Å². The van der Waals surface area contributed by atoms with Crippen LogP contribution in [0.15, 0.2) is 52.0 Å². The van der Waals surface area contributed by atoms with E-state index >= 15 is 0 Å². The summed E-state index contributed by atoms with van der Waals surface area (Å²) in [6.45, 7) is 2.42. The monoisotopic (exact) mass is 531 g/mol. The smallest absolute Gasteiger partial charge is 0.244 e. The predicted molar refractivity (Wildman–Crippen MR) is 131 cm³/mol. The Kier molecular flexibility index (Phi) is 8.67. The fourth-order valence-electron chi connectivity index (χ4n) is 3.91. The normalized spacial score (nSPS) is 24.4. The first-order chi connectivity index (χ1) is 16.5. The third kappa shape index (κ3) is 6.45. The number of carbonyl (C=O) groups is 2. The summed E-state index contributed by atoms with van der Waals surface area (Å²) in [6.07, 6.45) is 2.76. The van der Waals surface area contributed by atoms with Crippen LogP contribution in [0.5, 0.6) is 0 Å². The average molecular weight is 532 g/mol. The molecule has 0 bridgehead atoms. The molecule has 0 aromatic heterocycles. The van der Waals surface area contributed by atoms with Gasteiger partial charge in [-0.05, 0) is 49.1 Å². The van der Waals surface area contributed by atoms with E-state index in [0.717, 1.165) is 37.0 Å². The summed E-state index contributed by atoms with van der Waals surface area (Å²) in [5, 5.41) is 2.67. The maximum Gasteiger partial charge on any atom is 0.435 e. The number of amides is 4. The zero-order chi connectivity index (χ0) is 25.8. The van der Waals surface area contributed by atoms with E-state index in [1.54, 1.807) is 12.2 Å². The zero-order valence-corrected chi connectivity index (χ0v) is 21.1. The van der Waals surface area contributed by atoms with Crippen LogP contribution in [0.25, 0.3) is 0 Å². The number of benzene rings is 1. The van der Waals surface area contributed by atoms with E-state index in [9.17, 15) is 22.8 Å². The van der Waals surface area contributed by atoms with Crippen LogP contribution in [0.1, 0.15) is 44.6 Å². The van der Waals surface area contributed by atoms with Crippen molar-refractivity contribution in [2.75, 3.05) is 20.1 Å². The maximum atomic E-state index is 13.6. The van der Waals surface area contributed by atoms with Gasteiger partial charge in [-0.3, -0.25) is 0 Å². The summed E-state index contributed by atoms with van der Waals surface area (Å²) in [5.41, 5.74) is -0.147. The minimum Gasteiger partial charge on any atom is -0.244 e. The lowest BCUT2D eigenvalue weighted by atomic mass is 10.0. The van der Waals surface area contributed by atoms with Crippen LogP contribution in [0, 0.1) is 0 Å². The second-order valence-electron chi connectivity index (χ2n) is 8.81. The van der Waals surface area contributed by atoms with Gasteiger partial charge in [0, 0.05) is 5.03 Å². The number of carbonyl (C=O) groups excluding carboxylic acids is 2. The summed E-state index contributed by atoms with van der Waals surface area (Å²) in [7, 11) is 1.54. The summed E-state index contributed by atoms with van der Waals surface area (Å²) in [5.74, 6) is -0.129. The number of halogens is 5. The molecule has 1 N–H and O–H groups in total. The fourth-order valence-corrected chi connectivity index (χ4v) is 4.32. The highest BCUT2D eigenvalue weighted by Crippen LogP contribution is 2.32. The second-order valence-corrected chi connectivity index (χ2v) is 9.77. The van der Waals surface area contributed by atoms with Gasteiger partial charge in [0.05, 0.1) is 36.8 Å². The van der Waals surface area contributed by atoms with Crippen molar-refractivity contribution in [1.82, 2.24) is 10.2 Å². The molecule has 3 rings (SSSR count). The van der Waals surface area contributed by atoms with Crippen molar-refractivity contribution >= 4 is 46.9 Å². The zero-order valence-electron chi connectivity index (χ0n) is 19.5. The number of unbranched alkanes of at least 4 members (excludes halogenated alkanes) is 3. The third-order valence-corrected chi connectivity index (χ3v) is 6.91. The van der Waals surface area contributed by atoms with Crippen LogP contribution in [-0.4, -0.2) is 52.9 Å². The molecule has 2 aliphatic rings. The molecule has 35 heavy (non-hydrogen) atoms. The van der Waals surface area contributed by atoms with Gasteiger partial charge in [-0.15, -0.1) is 11.6 Å². The van der Waals surface area contributed by atoms with Gasteiger partial charge < -0.3 is 0 Å². The van der Waals surface area contributed by atoms with E-state index in [2.05, 4.69) is 17.2 Å². The van der Waals surface area contributed by atoms with Crippen molar-refractivity contribution in [2.45, 2.75) is 50.6 Å². The molecule has 6 nitrogen and oxygen atoms in total. The van der Waals surface area contributed by atoms with Crippen LogP contribution in [-0.2, 0) is 6.18 Å². The van der Waals surface area contributed by atoms with Gasteiger partial charge in [0.15, 0.2) is 0 Å². The number of urea groups is 2. The number of hydrogen-bond acceptors (Lipinski definition) is 3. The van der Waals surface area contributed by atoms with Crippen molar-refractivity contribution in [3.05, 3.63) is 52.6 Å². The van der Waals surface area contributed by atoms with Gasteiger partial charge in [-0.1, -0.05) is 43.5 Å². The van der Waals surface area contributed by atoms with E-state index < -0.39 is 33.7 Å². The molecule has 1 fully saturated rings. The van der Waals surface area contributed by atoms with Gasteiger partial charge >= 0.3 is 18.2 Å². The molecule has 190 valence electrons. The first-order valence-electron chi connectivity index (χ1n) is 11.4. The quantitative estimate of drug-likeness (QED) is 0.224. The molecule has 0 radical (unpaired) electrons. The van der Waals surface area contributed by atoms with Crippen LogP contribution >= 0.6 is 23.2 Å². The lowest BCUT2D eigenvalue weighted by Crippen LogP contribution is -2.71. The Balaban J connectivity index is 1.97. The lowest BCUT2D eigenvalue weighted by molar-refractivity contribution is -0.751. The number of allylic oxidation sites excluding steroid dienone is 3. The number of imide groups is 1. The number of quaternary nitrogens is 1. The number of aliphatic imine (C=N–C) groups is 1. The molecule has 1 aliphatic heterocycles. The van der Waals surface area contributed by atoms with Crippen molar-refractivity contribution < 1.29 is 27.2 Å². The molecule has 4 amide bonds. The third-order valence-electron chi connectivity index (χ3n) is 6.02. The van der Waals surface area contributed by atoms with Crippen molar-refractivity contribution in [1.29, 1.82) is 0 Å². The summed E-state index contributed by atoms with van der Waals surface area (Å²) in [6, 6.07) is 3.31. The molecule has 0 spiro atoms. The number of rotatable bonds is 8. The van der Waals surface area contributed by atoms with E-state index in [1.807, 2.05) is 0 Å². The van der Waals surface area contributed by atoms with Gasteiger partial charge in [0.1, 0.15) is 0 Å². The van der Waals surface area contributed by atoms with E-state index in [-0.39, 0.29) is 18.2 Å². The Labute approximate surface area is 212 Å². The number of alkyl halides is 4. The minimum atomic E-state index is -4.55. The molecule has 2 atom stereocenters. The highest BCUT2D eigenvalue weighted by atomic mass is 35.5. The SMILES string of the molecule is CCCCCC[N+]1(C)C(=O)NC(=Nc2cccc(C(F)(F)F)c2)N(CC2=CC=C(Cl)C(Cl)C2)C1=O. The average Bonchev–Trinajstić information content (AvgIpc) is 2.80. The molecule has 1 aliphatic carbocycles. The molecule has 11 heteroatoms. The van der Waals surface area contributed by atoms with Gasteiger partial charge in [-0.2, -0.15) is 17.7 Å². The number of nitrogens with one attached hydrogen (secondary N) is 1. The summed E-state index contributed by atoms with van der Waals surface area (Å²) < 4.78 is 39.0. The van der Waals surface area contributed by atoms with Crippen LogP contribution in [0.4, 0.5) is 28.4 Å². The highest BCUT2D eigenvalue weighted by molar-refractivity contribution is 6.37. The second kappa shape index (κ2) is 11.1. The maximum absolute atomic E-state index is 13.6. The Morgan fingerprint density at radius 2 is 1.94 bits per heavy atom. The highest BCUT2D eigenvalue weighted by Gasteiger charge is 2.50. The molecule has 1 heterocycles. The van der Waals surface area contributed by atoms with Gasteiger partial charge in [0.2, 0.25) is 5.96 Å². The molecular weight excluding hydrogens is 504 g/mol. The molecule has 0 saturated carbocycles. The Hall–Kier alpha value is -2.36. The van der Waals surface area contributed by atoms with Crippen molar-refractivity contribution in [2.24, 2.45) is 4.99 Å². The van der Waals surface area contributed by atoms with E-state index in [0.29, 0.717) is 24.4 Å². The molecular formula is C24H28Cl2F3N4O2+. The number of hydrogen-bond donors (Lipinski definition) is 1. The predicted octanol–water partition coefficient (Wildman–Crippen LogP) is 6.93. The Bertz CT molecular complexity index is 1070. The Morgan fingerprint density at radius 1 is 1.20 bits per heavy atom. The van der Waals surface area contributed by atoms with Crippen molar-refractivity contribution in [3.8, 4) is 0 Å². The van der Waals surface area contributed by atoms with E-state index in [1.165, 1.54) is 24.1 Å². The largest absolute Gasteiger partial charge is 0.435 e.